The van der Waals surface area contributed by atoms with Crippen molar-refractivity contribution in [2.24, 2.45) is 7.05 Å². The lowest BCUT2D eigenvalue weighted by Crippen LogP contribution is -1.96. The summed E-state index contributed by atoms with van der Waals surface area (Å²) in [7, 11) is 3.48. The zero-order valence-electron chi connectivity index (χ0n) is 9.27. The lowest BCUT2D eigenvalue weighted by Gasteiger charge is -2.07. The van der Waals surface area contributed by atoms with Gasteiger partial charge in [-0.1, -0.05) is 0 Å². The van der Waals surface area contributed by atoms with Gasteiger partial charge in [0.1, 0.15) is 5.75 Å². The maximum atomic E-state index is 5.75. The summed E-state index contributed by atoms with van der Waals surface area (Å²) in [5, 5.41) is 7.36. The predicted octanol–water partition coefficient (Wildman–Crippen LogP) is 1.75. The SMILES string of the molecule is COc1cc(N)cc(Nc2ccn(C)n2)c1. The number of rotatable bonds is 3. The van der Waals surface area contributed by atoms with E-state index < -0.39 is 0 Å². The Morgan fingerprint density at radius 1 is 1.38 bits per heavy atom. The van der Waals surface area contributed by atoms with E-state index in [2.05, 4.69) is 10.4 Å². The highest BCUT2D eigenvalue weighted by atomic mass is 16.5. The molecule has 0 fully saturated rings. The minimum absolute atomic E-state index is 0.651. The summed E-state index contributed by atoms with van der Waals surface area (Å²) in [6, 6.07) is 7.35. The third-order valence-corrected chi connectivity index (χ3v) is 2.15. The van der Waals surface area contributed by atoms with Crippen LogP contribution in [0.15, 0.2) is 30.5 Å². The first kappa shape index (κ1) is 10.4. The number of hydrogen-bond acceptors (Lipinski definition) is 4. The van der Waals surface area contributed by atoms with E-state index >= 15 is 0 Å². The van der Waals surface area contributed by atoms with Gasteiger partial charge in [0, 0.05) is 42.8 Å². The quantitative estimate of drug-likeness (QED) is 0.770. The monoisotopic (exact) mass is 218 g/mol. The number of aryl methyl sites for hydroxylation is 1. The average molecular weight is 218 g/mol. The molecule has 0 spiro atoms. The molecule has 84 valence electrons. The molecule has 2 aromatic rings. The van der Waals surface area contributed by atoms with Crippen LogP contribution in [0.2, 0.25) is 0 Å². The second-order valence-corrected chi connectivity index (χ2v) is 3.49. The van der Waals surface area contributed by atoms with E-state index in [9.17, 15) is 0 Å². The molecule has 1 heterocycles. The normalized spacial score (nSPS) is 10.1. The minimum atomic E-state index is 0.651. The van der Waals surface area contributed by atoms with Crippen LogP contribution in [0.3, 0.4) is 0 Å². The molecule has 0 saturated heterocycles. The lowest BCUT2D eigenvalue weighted by atomic mass is 10.2. The fourth-order valence-electron chi connectivity index (χ4n) is 1.44. The van der Waals surface area contributed by atoms with Gasteiger partial charge in [0.05, 0.1) is 7.11 Å². The lowest BCUT2D eigenvalue weighted by molar-refractivity contribution is 0.415. The fraction of sp³-hybridized carbons (Fsp3) is 0.182. The molecule has 5 heteroatoms. The molecule has 2 rings (SSSR count). The molecule has 0 saturated carbocycles. The van der Waals surface area contributed by atoms with E-state index in [0.717, 1.165) is 17.3 Å². The average Bonchev–Trinajstić information content (AvgIpc) is 2.63. The van der Waals surface area contributed by atoms with Crippen LogP contribution in [0, 0.1) is 0 Å². The summed E-state index contributed by atoms with van der Waals surface area (Å²) < 4.78 is 6.86. The predicted molar refractivity (Wildman–Crippen MR) is 63.9 cm³/mol. The smallest absolute Gasteiger partial charge is 0.152 e. The van der Waals surface area contributed by atoms with Gasteiger partial charge in [0.2, 0.25) is 0 Å². The molecular weight excluding hydrogens is 204 g/mol. The Kier molecular flexibility index (Phi) is 2.68. The van der Waals surface area contributed by atoms with Crippen LogP contribution in [0.5, 0.6) is 5.75 Å². The Hall–Kier alpha value is -2.17. The summed E-state index contributed by atoms with van der Waals surface area (Å²) in [6.07, 6.45) is 1.87. The standard InChI is InChI=1S/C11H14N4O/c1-15-4-3-11(14-15)13-9-5-8(12)6-10(7-9)16-2/h3-7H,12H2,1-2H3,(H,13,14). The van der Waals surface area contributed by atoms with Gasteiger partial charge in [0.25, 0.3) is 0 Å². The molecular formula is C11H14N4O. The highest BCUT2D eigenvalue weighted by molar-refractivity contribution is 5.64. The first-order valence-electron chi connectivity index (χ1n) is 4.88. The Morgan fingerprint density at radius 2 is 2.19 bits per heavy atom. The van der Waals surface area contributed by atoms with E-state index in [1.54, 1.807) is 17.9 Å². The Balaban J connectivity index is 2.24. The summed E-state index contributed by atoms with van der Waals surface area (Å²) in [5.41, 5.74) is 7.26. The van der Waals surface area contributed by atoms with Crippen LogP contribution < -0.4 is 15.8 Å². The second-order valence-electron chi connectivity index (χ2n) is 3.49. The highest BCUT2D eigenvalue weighted by Crippen LogP contribution is 2.24. The number of benzene rings is 1. The maximum absolute atomic E-state index is 5.75. The topological polar surface area (TPSA) is 65.1 Å². The van der Waals surface area contributed by atoms with E-state index in [1.165, 1.54) is 0 Å². The molecule has 0 radical (unpaired) electrons. The van der Waals surface area contributed by atoms with Crippen LogP contribution in [-0.4, -0.2) is 16.9 Å². The van der Waals surface area contributed by atoms with Crippen molar-refractivity contribution in [1.82, 2.24) is 9.78 Å². The van der Waals surface area contributed by atoms with Gasteiger partial charge >= 0.3 is 0 Å². The molecule has 1 aromatic heterocycles. The van der Waals surface area contributed by atoms with Crippen LogP contribution in [-0.2, 0) is 7.05 Å². The van der Waals surface area contributed by atoms with Crippen molar-refractivity contribution in [2.75, 3.05) is 18.2 Å². The van der Waals surface area contributed by atoms with Gasteiger partial charge in [-0.05, 0) is 6.07 Å². The van der Waals surface area contributed by atoms with Crippen LogP contribution in [0.25, 0.3) is 0 Å². The highest BCUT2D eigenvalue weighted by Gasteiger charge is 2.01. The van der Waals surface area contributed by atoms with Crippen LogP contribution in [0.4, 0.5) is 17.2 Å². The van der Waals surface area contributed by atoms with Crippen molar-refractivity contribution in [1.29, 1.82) is 0 Å². The van der Waals surface area contributed by atoms with Gasteiger partial charge in [-0.3, -0.25) is 4.68 Å². The Bertz CT molecular complexity index is 492. The molecule has 3 N–H and O–H groups in total. The summed E-state index contributed by atoms with van der Waals surface area (Å²) in [4.78, 5) is 0. The largest absolute Gasteiger partial charge is 0.497 e. The van der Waals surface area contributed by atoms with Crippen molar-refractivity contribution in [3.05, 3.63) is 30.5 Å². The molecule has 0 atom stereocenters. The molecule has 5 nitrogen and oxygen atoms in total. The molecule has 0 aliphatic carbocycles. The van der Waals surface area contributed by atoms with Crippen molar-refractivity contribution in [3.8, 4) is 5.75 Å². The number of nitrogens with zero attached hydrogens (tertiary/aromatic N) is 2. The molecule has 0 unspecified atom stereocenters. The summed E-state index contributed by atoms with van der Waals surface area (Å²) in [6.45, 7) is 0. The Labute approximate surface area is 93.8 Å². The first-order chi connectivity index (χ1) is 7.67. The van der Waals surface area contributed by atoms with Crippen molar-refractivity contribution in [3.63, 3.8) is 0 Å². The first-order valence-corrected chi connectivity index (χ1v) is 4.88. The molecule has 0 aliphatic heterocycles. The zero-order chi connectivity index (χ0) is 11.5. The molecule has 0 amide bonds. The third kappa shape index (κ3) is 2.25. The van der Waals surface area contributed by atoms with Gasteiger partial charge in [-0.25, -0.2) is 0 Å². The fourth-order valence-corrected chi connectivity index (χ4v) is 1.44. The molecule has 16 heavy (non-hydrogen) atoms. The van der Waals surface area contributed by atoms with Gasteiger partial charge in [-0.15, -0.1) is 0 Å². The minimum Gasteiger partial charge on any atom is -0.497 e. The number of nitrogens with two attached hydrogens (primary N) is 1. The van der Waals surface area contributed by atoms with Crippen molar-refractivity contribution >= 4 is 17.2 Å². The van der Waals surface area contributed by atoms with E-state index in [4.69, 9.17) is 10.5 Å². The number of nitrogens with one attached hydrogen (secondary N) is 1. The van der Waals surface area contributed by atoms with Gasteiger partial charge < -0.3 is 15.8 Å². The molecule has 1 aromatic carbocycles. The Morgan fingerprint density at radius 3 is 2.81 bits per heavy atom. The number of hydrogen-bond donors (Lipinski definition) is 2. The maximum Gasteiger partial charge on any atom is 0.152 e. The number of methoxy groups -OCH3 is 1. The summed E-state index contributed by atoms with van der Waals surface area (Å²) >= 11 is 0. The van der Waals surface area contributed by atoms with Crippen LogP contribution >= 0.6 is 0 Å². The van der Waals surface area contributed by atoms with Crippen molar-refractivity contribution < 1.29 is 4.74 Å². The van der Waals surface area contributed by atoms with E-state index in [-0.39, 0.29) is 0 Å². The van der Waals surface area contributed by atoms with Crippen molar-refractivity contribution in [2.45, 2.75) is 0 Å². The second kappa shape index (κ2) is 4.14. The number of nitrogen functional groups attached to an aromatic ring is 1. The number of aromatic nitrogens is 2. The zero-order valence-corrected chi connectivity index (χ0v) is 9.27. The third-order valence-electron chi connectivity index (χ3n) is 2.15. The van der Waals surface area contributed by atoms with Gasteiger partial charge in [0.15, 0.2) is 5.82 Å². The van der Waals surface area contributed by atoms with Crippen LogP contribution in [0.1, 0.15) is 0 Å². The summed E-state index contributed by atoms with van der Waals surface area (Å²) in [5.74, 6) is 1.49. The van der Waals surface area contributed by atoms with E-state index in [1.807, 2.05) is 31.4 Å². The van der Waals surface area contributed by atoms with E-state index in [0.29, 0.717) is 5.69 Å². The molecule has 0 aliphatic rings. The number of ether oxygens (including phenoxy) is 1. The van der Waals surface area contributed by atoms with Gasteiger partial charge in [-0.2, -0.15) is 5.10 Å². The number of anilines is 3. The molecule has 0 bridgehead atoms.